The predicted molar refractivity (Wildman–Crippen MR) is 62.0 cm³/mol. The van der Waals surface area contributed by atoms with Gasteiger partial charge in [-0.25, -0.2) is 19.2 Å². The third-order valence-electron chi connectivity index (χ3n) is 2.18. The van der Waals surface area contributed by atoms with Gasteiger partial charge in [-0.15, -0.1) is 0 Å². The quantitative estimate of drug-likeness (QED) is 0.832. The minimum absolute atomic E-state index is 0.00161. The Morgan fingerprint density at radius 2 is 2.11 bits per heavy atom. The van der Waals surface area contributed by atoms with Crippen molar-refractivity contribution in [3.05, 3.63) is 53.7 Å². The molecule has 2 rings (SSSR count). The Bertz CT molecular complexity index is 575. The number of hydrogen-bond acceptors (Lipinski definition) is 5. The van der Waals surface area contributed by atoms with Gasteiger partial charge in [0.1, 0.15) is 12.4 Å². The second-order valence-corrected chi connectivity index (χ2v) is 3.50. The summed E-state index contributed by atoms with van der Waals surface area (Å²) in [5, 5.41) is 0. The Hall–Kier alpha value is -2.50. The molecular formula is C12H10FN3O2. The zero-order chi connectivity index (χ0) is 13.0. The van der Waals surface area contributed by atoms with E-state index in [-0.39, 0.29) is 23.9 Å². The second-order valence-electron chi connectivity index (χ2n) is 3.50. The molecule has 0 spiro atoms. The summed E-state index contributed by atoms with van der Waals surface area (Å²) >= 11 is 0. The van der Waals surface area contributed by atoms with Crippen molar-refractivity contribution in [2.75, 3.05) is 5.73 Å². The van der Waals surface area contributed by atoms with Gasteiger partial charge in [-0.1, -0.05) is 12.1 Å². The molecule has 1 aromatic carbocycles. The molecule has 0 atom stereocenters. The molecule has 18 heavy (non-hydrogen) atoms. The molecule has 2 aromatic rings. The van der Waals surface area contributed by atoms with Crippen molar-refractivity contribution in [1.29, 1.82) is 0 Å². The fraction of sp³-hybridized carbons (Fsp3) is 0.0833. The molecule has 0 saturated heterocycles. The number of rotatable bonds is 3. The molecule has 0 aliphatic carbocycles. The number of nitrogen functional groups attached to an aromatic ring is 1. The number of carbonyl (C=O) groups excluding carboxylic acids is 1. The van der Waals surface area contributed by atoms with E-state index in [4.69, 9.17) is 10.5 Å². The highest BCUT2D eigenvalue weighted by molar-refractivity contribution is 5.91. The lowest BCUT2D eigenvalue weighted by Crippen LogP contribution is -2.11. The smallest absolute Gasteiger partial charge is 0.361 e. The lowest BCUT2D eigenvalue weighted by atomic mass is 10.2. The van der Waals surface area contributed by atoms with Gasteiger partial charge in [0.25, 0.3) is 0 Å². The van der Waals surface area contributed by atoms with Crippen LogP contribution >= 0.6 is 0 Å². The molecular weight excluding hydrogens is 237 g/mol. The Morgan fingerprint density at radius 1 is 1.33 bits per heavy atom. The molecule has 0 aliphatic rings. The third-order valence-corrected chi connectivity index (χ3v) is 2.18. The van der Waals surface area contributed by atoms with E-state index >= 15 is 0 Å². The molecule has 92 valence electrons. The van der Waals surface area contributed by atoms with Crippen LogP contribution in [0.3, 0.4) is 0 Å². The molecule has 6 heteroatoms. The lowest BCUT2D eigenvalue weighted by molar-refractivity contribution is 0.0466. The Balaban J connectivity index is 2.03. The van der Waals surface area contributed by atoms with Crippen LogP contribution in [0, 0.1) is 5.82 Å². The van der Waals surface area contributed by atoms with Crippen molar-refractivity contribution in [2.24, 2.45) is 0 Å². The molecule has 0 saturated carbocycles. The highest BCUT2D eigenvalue weighted by Crippen LogP contribution is 2.09. The molecule has 0 unspecified atom stereocenters. The number of nitrogens with two attached hydrogens (primary N) is 1. The minimum atomic E-state index is -0.690. The van der Waals surface area contributed by atoms with E-state index in [2.05, 4.69) is 9.97 Å². The number of carbonyl (C=O) groups is 1. The van der Waals surface area contributed by atoms with Crippen LogP contribution in [0.5, 0.6) is 0 Å². The first-order valence-electron chi connectivity index (χ1n) is 5.15. The van der Waals surface area contributed by atoms with Crippen molar-refractivity contribution in [3.8, 4) is 0 Å². The Morgan fingerprint density at radius 3 is 2.83 bits per heavy atom. The number of halogens is 1. The van der Waals surface area contributed by atoms with E-state index in [1.54, 1.807) is 6.07 Å². The number of esters is 1. The van der Waals surface area contributed by atoms with Crippen molar-refractivity contribution in [2.45, 2.75) is 6.61 Å². The van der Waals surface area contributed by atoms with Crippen LogP contribution in [-0.4, -0.2) is 15.9 Å². The van der Waals surface area contributed by atoms with E-state index in [1.807, 2.05) is 0 Å². The third kappa shape index (κ3) is 2.79. The minimum Gasteiger partial charge on any atom is -0.456 e. The summed E-state index contributed by atoms with van der Waals surface area (Å²) in [5.41, 5.74) is 5.98. The van der Waals surface area contributed by atoms with Gasteiger partial charge in [-0.2, -0.15) is 0 Å². The number of hydrogen-bond donors (Lipinski definition) is 1. The highest BCUT2D eigenvalue weighted by atomic mass is 19.1. The van der Waals surface area contributed by atoms with Gasteiger partial charge < -0.3 is 10.5 Å². The monoisotopic (exact) mass is 247 g/mol. The van der Waals surface area contributed by atoms with E-state index in [1.165, 1.54) is 30.6 Å². The molecule has 2 N–H and O–H groups in total. The fourth-order valence-electron chi connectivity index (χ4n) is 1.35. The van der Waals surface area contributed by atoms with Crippen LogP contribution in [-0.2, 0) is 11.3 Å². The fourth-order valence-corrected chi connectivity index (χ4v) is 1.35. The van der Waals surface area contributed by atoms with Crippen LogP contribution in [0.2, 0.25) is 0 Å². The zero-order valence-corrected chi connectivity index (χ0v) is 9.34. The number of ether oxygens (including phenoxy) is 1. The van der Waals surface area contributed by atoms with E-state index in [0.29, 0.717) is 5.56 Å². The highest BCUT2D eigenvalue weighted by Gasteiger charge is 2.13. The van der Waals surface area contributed by atoms with Crippen molar-refractivity contribution >= 4 is 11.8 Å². The summed E-state index contributed by atoms with van der Waals surface area (Å²) in [6.07, 6.45) is 2.72. The van der Waals surface area contributed by atoms with Gasteiger partial charge in [0.05, 0.1) is 0 Å². The van der Waals surface area contributed by atoms with Gasteiger partial charge >= 0.3 is 5.97 Å². The average Bonchev–Trinajstić information content (AvgIpc) is 2.37. The van der Waals surface area contributed by atoms with Crippen LogP contribution < -0.4 is 5.73 Å². The van der Waals surface area contributed by atoms with Crippen LogP contribution in [0.15, 0.2) is 36.7 Å². The number of benzene rings is 1. The van der Waals surface area contributed by atoms with E-state index in [0.717, 1.165) is 0 Å². The predicted octanol–water partition coefficient (Wildman–Crippen LogP) is 1.55. The first kappa shape index (κ1) is 12.0. The van der Waals surface area contributed by atoms with Gasteiger partial charge in [-0.05, 0) is 17.7 Å². The Labute approximate surface area is 102 Å². The maximum Gasteiger partial charge on any atom is 0.361 e. The Kier molecular flexibility index (Phi) is 3.47. The number of nitrogens with zero attached hydrogens (tertiary/aromatic N) is 2. The van der Waals surface area contributed by atoms with Crippen LogP contribution in [0.4, 0.5) is 10.2 Å². The molecule has 1 heterocycles. The summed E-state index contributed by atoms with van der Waals surface area (Å²) < 4.78 is 17.9. The van der Waals surface area contributed by atoms with Crippen LogP contribution in [0.1, 0.15) is 16.1 Å². The van der Waals surface area contributed by atoms with Gasteiger partial charge in [-0.3, -0.25) is 0 Å². The topological polar surface area (TPSA) is 78.1 Å². The SMILES string of the molecule is Nc1nccnc1C(=O)OCc1cccc(F)c1. The van der Waals surface area contributed by atoms with Crippen molar-refractivity contribution in [1.82, 2.24) is 9.97 Å². The summed E-state index contributed by atoms with van der Waals surface area (Å²) in [6, 6.07) is 5.78. The summed E-state index contributed by atoms with van der Waals surface area (Å²) in [5.74, 6) is -1.07. The molecule has 0 aliphatic heterocycles. The van der Waals surface area contributed by atoms with Gasteiger partial charge in [0, 0.05) is 12.4 Å². The lowest BCUT2D eigenvalue weighted by Gasteiger charge is -2.05. The molecule has 0 fully saturated rings. The molecule has 0 amide bonds. The van der Waals surface area contributed by atoms with E-state index < -0.39 is 5.97 Å². The summed E-state index contributed by atoms with van der Waals surface area (Å²) in [7, 11) is 0. The van der Waals surface area contributed by atoms with Gasteiger partial charge in [0.15, 0.2) is 11.5 Å². The zero-order valence-electron chi connectivity index (χ0n) is 9.34. The van der Waals surface area contributed by atoms with Crippen molar-refractivity contribution < 1.29 is 13.9 Å². The molecule has 0 radical (unpaired) electrons. The maximum absolute atomic E-state index is 12.9. The normalized spacial score (nSPS) is 10.1. The van der Waals surface area contributed by atoms with Gasteiger partial charge in [0.2, 0.25) is 0 Å². The molecule has 1 aromatic heterocycles. The average molecular weight is 247 g/mol. The first-order valence-corrected chi connectivity index (χ1v) is 5.15. The molecule has 0 bridgehead atoms. The van der Waals surface area contributed by atoms with E-state index in [9.17, 15) is 9.18 Å². The number of anilines is 1. The largest absolute Gasteiger partial charge is 0.456 e. The van der Waals surface area contributed by atoms with Crippen molar-refractivity contribution in [3.63, 3.8) is 0 Å². The first-order chi connectivity index (χ1) is 8.66. The molecule has 5 nitrogen and oxygen atoms in total. The van der Waals surface area contributed by atoms with Crippen LogP contribution in [0.25, 0.3) is 0 Å². The second kappa shape index (κ2) is 5.22. The summed E-state index contributed by atoms with van der Waals surface area (Å²) in [4.78, 5) is 19.1. The maximum atomic E-state index is 12.9. The summed E-state index contributed by atoms with van der Waals surface area (Å²) in [6.45, 7) is -0.0490. The standard InChI is InChI=1S/C12H10FN3O2/c13-9-3-1-2-8(6-9)7-18-12(17)10-11(14)16-5-4-15-10/h1-6H,7H2,(H2,14,16). The number of aromatic nitrogens is 2.